The summed E-state index contributed by atoms with van der Waals surface area (Å²) in [5.74, 6) is -6.72. The molecule has 2 aromatic carbocycles. The molecule has 0 saturated heterocycles. The van der Waals surface area contributed by atoms with E-state index in [4.69, 9.17) is 10.5 Å². The van der Waals surface area contributed by atoms with Crippen LogP contribution >= 0.6 is 0 Å². The highest BCUT2D eigenvalue weighted by molar-refractivity contribution is 6.24. The van der Waals surface area contributed by atoms with E-state index in [-0.39, 0.29) is 29.7 Å². The minimum Gasteiger partial charge on any atom is -0.510 e. The number of likely N-dealkylation sites (N-methyl/N-ethyl adjacent to an activating group) is 1. The normalized spacial score (nSPS) is 26.4. The van der Waals surface area contributed by atoms with Crippen molar-refractivity contribution in [2.75, 3.05) is 21.2 Å². The first-order valence-electron chi connectivity index (χ1n) is 12.5. The van der Waals surface area contributed by atoms with Crippen LogP contribution in [0.3, 0.4) is 0 Å². The van der Waals surface area contributed by atoms with Crippen molar-refractivity contribution in [1.82, 2.24) is 4.90 Å². The number of primary amides is 1. The largest absolute Gasteiger partial charge is 0.510 e. The van der Waals surface area contributed by atoms with E-state index in [1.54, 1.807) is 27.3 Å². The number of ether oxygens (including phenoxy) is 1. The van der Waals surface area contributed by atoms with E-state index in [1.165, 1.54) is 11.0 Å². The molecular formula is C29H30N2O8. The quantitative estimate of drug-likeness (QED) is 0.360. The summed E-state index contributed by atoms with van der Waals surface area (Å²) in [6.07, 6.45) is 0.247. The topological polar surface area (TPSA) is 171 Å². The molecule has 10 nitrogen and oxygen atoms in total. The number of amides is 1. The molecule has 3 aliphatic rings. The molecule has 2 aromatic rings. The van der Waals surface area contributed by atoms with Gasteiger partial charge in [0.15, 0.2) is 11.4 Å². The summed E-state index contributed by atoms with van der Waals surface area (Å²) in [6.45, 7) is 0.390. The van der Waals surface area contributed by atoms with E-state index >= 15 is 0 Å². The zero-order chi connectivity index (χ0) is 28.4. The number of hydrogen-bond donors (Lipinski definition) is 5. The number of aliphatic hydroxyl groups is 3. The molecule has 0 spiro atoms. The SMILES string of the molecule is COCc1cccc(-c2ccc(O)c3c2C[C@@H]2C[C@H]4[C@@H](N(C)C)C(O)=C(C(N)=O)C(=O)[C@]4(O)C(O)=C2C3=O)c1. The molecular weight excluding hydrogens is 504 g/mol. The van der Waals surface area contributed by atoms with Crippen LogP contribution in [0, 0.1) is 11.8 Å². The predicted molar refractivity (Wildman–Crippen MR) is 140 cm³/mol. The molecule has 0 bridgehead atoms. The third kappa shape index (κ3) is 3.78. The minimum atomic E-state index is -2.66. The number of phenolic OH excluding ortho intramolecular Hbond substituents is 1. The second kappa shape index (κ2) is 9.33. The van der Waals surface area contributed by atoms with E-state index in [2.05, 4.69) is 0 Å². The first kappa shape index (κ1) is 26.6. The van der Waals surface area contributed by atoms with E-state index in [0.29, 0.717) is 12.2 Å². The molecule has 0 unspecified atom stereocenters. The van der Waals surface area contributed by atoms with E-state index in [0.717, 1.165) is 16.7 Å². The molecule has 0 saturated carbocycles. The molecule has 39 heavy (non-hydrogen) atoms. The Hall–Kier alpha value is -3.99. The molecule has 0 aromatic heterocycles. The molecule has 5 rings (SSSR count). The Balaban J connectivity index is 1.70. The van der Waals surface area contributed by atoms with Crippen molar-refractivity contribution in [2.45, 2.75) is 31.1 Å². The zero-order valence-electron chi connectivity index (χ0n) is 21.8. The average Bonchev–Trinajstić information content (AvgIpc) is 2.86. The highest BCUT2D eigenvalue weighted by atomic mass is 16.5. The zero-order valence-corrected chi connectivity index (χ0v) is 21.8. The monoisotopic (exact) mass is 534 g/mol. The Morgan fingerprint density at radius 1 is 1.15 bits per heavy atom. The Morgan fingerprint density at radius 2 is 1.87 bits per heavy atom. The molecule has 0 aliphatic heterocycles. The summed E-state index contributed by atoms with van der Waals surface area (Å²) in [7, 11) is 4.78. The molecule has 3 aliphatic carbocycles. The van der Waals surface area contributed by atoms with Gasteiger partial charge in [0.2, 0.25) is 5.78 Å². The van der Waals surface area contributed by atoms with Gasteiger partial charge in [-0.25, -0.2) is 0 Å². The maximum absolute atomic E-state index is 13.9. The Morgan fingerprint density at radius 3 is 2.51 bits per heavy atom. The van der Waals surface area contributed by atoms with Gasteiger partial charge in [0, 0.05) is 18.6 Å². The number of carbonyl (C=O) groups excluding carboxylic acids is 3. The first-order chi connectivity index (χ1) is 18.4. The molecule has 1 amide bonds. The number of benzene rings is 2. The lowest BCUT2D eigenvalue weighted by Crippen LogP contribution is -2.63. The number of ketones is 2. The second-order valence-electron chi connectivity index (χ2n) is 10.6. The summed E-state index contributed by atoms with van der Waals surface area (Å²) in [5, 5.41) is 44.7. The van der Waals surface area contributed by atoms with Gasteiger partial charge in [-0.3, -0.25) is 19.3 Å². The summed E-state index contributed by atoms with van der Waals surface area (Å²) in [4.78, 5) is 40.9. The van der Waals surface area contributed by atoms with Gasteiger partial charge in [-0.15, -0.1) is 0 Å². The number of phenols is 1. The number of Topliss-reactive ketones (excluding diaryl/α,β-unsaturated/α-hetero) is 2. The van der Waals surface area contributed by atoms with Crippen molar-refractivity contribution in [3.05, 3.63) is 75.8 Å². The molecule has 10 heteroatoms. The Labute approximate surface area is 224 Å². The summed E-state index contributed by atoms with van der Waals surface area (Å²) >= 11 is 0. The molecule has 0 radical (unpaired) electrons. The van der Waals surface area contributed by atoms with Gasteiger partial charge < -0.3 is 30.9 Å². The van der Waals surface area contributed by atoms with Gasteiger partial charge in [0.1, 0.15) is 22.8 Å². The highest BCUT2D eigenvalue weighted by Gasteiger charge is 2.63. The van der Waals surface area contributed by atoms with Crippen LogP contribution in [-0.2, 0) is 27.4 Å². The maximum atomic E-state index is 13.9. The third-order valence-corrected chi connectivity index (χ3v) is 8.15. The number of methoxy groups -OCH3 is 1. The fourth-order valence-corrected chi connectivity index (χ4v) is 6.52. The van der Waals surface area contributed by atoms with Crippen LogP contribution in [0.15, 0.2) is 59.1 Å². The molecule has 6 N–H and O–H groups in total. The Kier molecular flexibility index (Phi) is 6.37. The number of fused-ring (bicyclic) bond motifs is 3. The minimum absolute atomic E-state index is 0.0228. The van der Waals surface area contributed by atoms with Crippen LogP contribution in [0.5, 0.6) is 5.75 Å². The van der Waals surface area contributed by atoms with Crippen LogP contribution in [0.1, 0.15) is 27.9 Å². The van der Waals surface area contributed by atoms with E-state index < -0.39 is 58.0 Å². The number of aliphatic hydroxyl groups excluding tert-OH is 2. The predicted octanol–water partition coefficient (Wildman–Crippen LogP) is 1.93. The Bertz CT molecular complexity index is 1490. The van der Waals surface area contributed by atoms with Gasteiger partial charge in [-0.1, -0.05) is 24.3 Å². The number of rotatable bonds is 5. The van der Waals surface area contributed by atoms with Crippen LogP contribution in [0.2, 0.25) is 0 Å². The number of nitrogens with zero attached hydrogens (tertiary/aromatic N) is 1. The van der Waals surface area contributed by atoms with Crippen LogP contribution in [-0.4, -0.2) is 75.6 Å². The standard InChI is InChI=1S/C29H30N2O8/c1-31(2)23-18-11-15-10-17-16(14-6-4-5-13(9-14)12-39-3)7-8-19(32)21(17)24(33)20(15)26(35)29(18,38)27(36)22(25(23)34)28(30)37/h4-9,15,18,23,32,34-35,38H,10-12H2,1-3H3,(H2,30,37)/t15-,18+,23-,29-/m1/s1. The van der Waals surface area contributed by atoms with E-state index in [9.17, 15) is 34.8 Å². The molecule has 0 fully saturated rings. The van der Waals surface area contributed by atoms with Crippen molar-refractivity contribution in [2.24, 2.45) is 17.6 Å². The van der Waals surface area contributed by atoms with Gasteiger partial charge >= 0.3 is 0 Å². The van der Waals surface area contributed by atoms with Gasteiger partial charge in [0.05, 0.1) is 18.2 Å². The number of nitrogens with two attached hydrogens (primary N) is 1. The molecule has 4 atom stereocenters. The summed E-state index contributed by atoms with van der Waals surface area (Å²) in [6, 6.07) is 9.67. The summed E-state index contributed by atoms with van der Waals surface area (Å²) < 4.78 is 5.24. The van der Waals surface area contributed by atoms with Crippen molar-refractivity contribution in [1.29, 1.82) is 0 Å². The summed E-state index contributed by atoms with van der Waals surface area (Å²) in [5.41, 5.74) is 4.69. The highest BCUT2D eigenvalue weighted by Crippen LogP contribution is 2.53. The average molecular weight is 535 g/mol. The molecule has 204 valence electrons. The second-order valence-corrected chi connectivity index (χ2v) is 10.6. The van der Waals surface area contributed by atoms with Crippen LogP contribution < -0.4 is 5.73 Å². The number of hydrogen-bond acceptors (Lipinski definition) is 9. The van der Waals surface area contributed by atoms with Crippen LogP contribution in [0.4, 0.5) is 0 Å². The lowest BCUT2D eigenvalue weighted by Gasteiger charge is -2.50. The number of allylic oxidation sites excluding steroid dienone is 1. The van der Waals surface area contributed by atoms with Crippen molar-refractivity contribution >= 4 is 17.5 Å². The van der Waals surface area contributed by atoms with Gasteiger partial charge in [-0.05, 0) is 67.2 Å². The van der Waals surface area contributed by atoms with Crippen LogP contribution in [0.25, 0.3) is 11.1 Å². The van der Waals surface area contributed by atoms with Gasteiger partial charge in [-0.2, -0.15) is 0 Å². The van der Waals surface area contributed by atoms with Crippen molar-refractivity contribution in [3.8, 4) is 16.9 Å². The van der Waals surface area contributed by atoms with Gasteiger partial charge in [0.25, 0.3) is 5.91 Å². The number of carbonyl (C=O) groups is 3. The van der Waals surface area contributed by atoms with Crippen molar-refractivity contribution in [3.63, 3.8) is 0 Å². The number of aromatic hydroxyl groups is 1. The lowest BCUT2D eigenvalue weighted by molar-refractivity contribution is -0.148. The lowest BCUT2D eigenvalue weighted by atomic mass is 9.58. The maximum Gasteiger partial charge on any atom is 0.255 e. The van der Waals surface area contributed by atoms with E-state index in [1.807, 2.05) is 24.3 Å². The fourth-order valence-electron chi connectivity index (χ4n) is 6.52. The third-order valence-electron chi connectivity index (χ3n) is 8.15. The van der Waals surface area contributed by atoms with Crippen molar-refractivity contribution < 1.29 is 39.5 Å². The smallest absolute Gasteiger partial charge is 0.255 e. The first-order valence-corrected chi connectivity index (χ1v) is 12.5. The molecule has 0 heterocycles. The fraction of sp³-hybridized carbons (Fsp3) is 0.345.